The summed E-state index contributed by atoms with van der Waals surface area (Å²) in [6.07, 6.45) is -0.464. The molecule has 246 valence electrons. The molecule has 2 aliphatic heterocycles. The predicted octanol–water partition coefficient (Wildman–Crippen LogP) is 1.80. The molecule has 44 heavy (non-hydrogen) atoms. The highest BCUT2D eigenvalue weighted by Gasteiger charge is 2.34. The molecule has 2 heterocycles. The number of amides is 4. The van der Waals surface area contributed by atoms with E-state index < -0.39 is 64.8 Å². The molecule has 4 amide bonds. The van der Waals surface area contributed by atoms with E-state index in [2.05, 4.69) is 0 Å². The summed E-state index contributed by atoms with van der Waals surface area (Å²) in [6.45, 7) is 9.48. The summed E-state index contributed by atoms with van der Waals surface area (Å²) in [5.74, 6) is -5.91. The van der Waals surface area contributed by atoms with Gasteiger partial charge in [0.2, 0.25) is 0 Å². The van der Waals surface area contributed by atoms with Crippen LogP contribution in [0.3, 0.4) is 0 Å². The van der Waals surface area contributed by atoms with Gasteiger partial charge in [-0.05, 0) is 11.8 Å². The highest BCUT2D eigenvalue weighted by atomic mass is 16.7. The van der Waals surface area contributed by atoms with Crippen LogP contribution in [-0.2, 0) is 62.2 Å². The second kappa shape index (κ2) is 16.8. The number of nitrogens with zero attached hydrogens (tertiary/aromatic N) is 2. The van der Waals surface area contributed by atoms with Gasteiger partial charge < -0.3 is 23.9 Å². The number of carbonyl (C=O) groups excluding carboxylic acids is 8. The molecule has 0 saturated carbocycles. The third-order valence-corrected chi connectivity index (χ3v) is 6.51. The summed E-state index contributed by atoms with van der Waals surface area (Å²) in [5, 5.41) is 0.935. The number of esters is 2. The number of hydroxylamine groups is 4. The van der Waals surface area contributed by atoms with Crippen molar-refractivity contribution in [2.24, 2.45) is 23.2 Å². The van der Waals surface area contributed by atoms with E-state index in [0.717, 1.165) is 0 Å². The van der Waals surface area contributed by atoms with Crippen LogP contribution in [0, 0.1) is 23.2 Å². The Morgan fingerprint density at radius 3 is 1.41 bits per heavy atom. The van der Waals surface area contributed by atoms with Crippen molar-refractivity contribution < 1.29 is 62.2 Å². The van der Waals surface area contributed by atoms with Crippen LogP contribution < -0.4 is 0 Å². The minimum atomic E-state index is -0.785. The Labute approximate surface area is 255 Å². The topological polar surface area (TPSA) is 189 Å². The van der Waals surface area contributed by atoms with Crippen LogP contribution in [0.5, 0.6) is 0 Å². The summed E-state index contributed by atoms with van der Waals surface area (Å²) >= 11 is 0. The average molecular weight is 627 g/mol. The number of rotatable bonds is 18. The minimum Gasteiger partial charge on any atom is -0.465 e. The Morgan fingerprint density at radius 2 is 0.977 bits per heavy atom. The van der Waals surface area contributed by atoms with Crippen molar-refractivity contribution in [2.45, 2.75) is 86.0 Å². The summed E-state index contributed by atoms with van der Waals surface area (Å²) < 4.78 is 16.3. The molecule has 0 N–H and O–H groups in total. The average Bonchev–Trinajstić information content (AvgIpc) is 3.40. The SMILES string of the molecule is CC(COCC(C)(C)COC(=O)CC(C)CC(=O)ON1C(=O)CCC1=O)COC(=O)CC(C)CC(=O)ON1C(=O)CCC1=O. The molecule has 0 radical (unpaired) electrons. The molecule has 0 aromatic rings. The van der Waals surface area contributed by atoms with Gasteiger partial charge in [-0.3, -0.25) is 28.8 Å². The zero-order chi connectivity index (χ0) is 33.0. The van der Waals surface area contributed by atoms with Gasteiger partial charge in [0.25, 0.3) is 23.6 Å². The van der Waals surface area contributed by atoms with Crippen LogP contribution >= 0.6 is 0 Å². The molecule has 0 aliphatic carbocycles. The monoisotopic (exact) mass is 626 g/mol. The molecule has 15 heteroatoms. The molecule has 0 aromatic carbocycles. The lowest BCUT2D eigenvalue weighted by Crippen LogP contribution is -2.32. The number of hydrogen-bond acceptors (Lipinski definition) is 13. The van der Waals surface area contributed by atoms with Crippen LogP contribution in [0.15, 0.2) is 0 Å². The van der Waals surface area contributed by atoms with Crippen molar-refractivity contribution in [2.75, 3.05) is 26.4 Å². The van der Waals surface area contributed by atoms with E-state index in [0.29, 0.717) is 10.1 Å². The molecular weight excluding hydrogens is 584 g/mol. The normalized spacial score (nSPS) is 17.4. The minimum absolute atomic E-state index is 0.00176. The molecule has 3 unspecified atom stereocenters. The predicted molar refractivity (Wildman–Crippen MR) is 147 cm³/mol. The molecule has 2 saturated heterocycles. The molecule has 0 spiro atoms. The van der Waals surface area contributed by atoms with Crippen LogP contribution in [0.1, 0.15) is 86.0 Å². The van der Waals surface area contributed by atoms with Gasteiger partial charge in [0.05, 0.1) is 39.3 Å². The molecule has 15 nitrogen and oxygen atoms in total. The second-order valence-electron chi connectivity index (χ2n) is 12.2. The molecule has 0 aromatic heterocycles. The fraction of sp³-hybridized carbons (Fsp3) is 0.724. The molecule has 2 aliphatic rings. The Bertz CT molecular complexity index is 1090. The maximum atomic E-state index is 12.3. The summed E-state index contributed by atoms with van der Waals surface area (Å²) in [6, 6.07) is 0. The van der Waals surface area contributed by atoms with Crippen LogP contribution in [0.4, 0.5) is 0 Å². The Balaban J connectivity index is 1.57. The van der Waals surface area contributed by atoms with Crippen molar-refractivity contribution >= 4 is 47.5 Å². The second-order valence-corrected chi connectivity index (χ2v) is 12.2. The van der Waals surface area contributed by atoms with E-state index in [9.17, 15) is 38.4 Å². The first kappa shape index (κ1) is 36.3. The van der Waals surface area contributed by atoms with Crippen LogP contribution in [0.25, 0.3) is 0 Å². The van der Waals surface area contributed by atoms with Gasteiger partial charge in [-0.1, -0.05) is 34.6 Å². The number of ether oxygens (including phenoxy) is 3. The zero-order valence-corrected chi connectivity index (χ0v) is 25.9. The Kier molecular flexibility index (Phi) is 13.9. The van der Waals surface area contributed by atoms with E-state index in [-0.39, 0.29) is 83.7 Å². The first-order chi connectivity index (χ1) is 20.6. The lowest BCUT2D eigenvalue weighted by atomic mass is 9.96. The summed E-state index contributed by atoms with van der Waals surface area (Å²) in [7, 11) is 0. The first-order valence-corrected chi connectivity index (χ1v) is 14.6. The van der Waals surface area contributed by atoms with Crippen molar-refractivity contribution in [3.8, 4) is 0 Å². The van der Waals surface area contributed by atoms with Gasteiger partial charge in [0.1, 0.15) is 0 Å². The molecule has 2 rings (SSSR count). The third-order valence-electron chi connectivity index (χ3n) is 6.51. The van der Waals surface area contributed by atoms with Gasteiger partial charge in [-0.15, -0.1) is 10.1 Å². The number of carbonyl (C=O) groups is 8. The maximum Gasteiger partial charge on any atom is 0.333 e. The van der Waals surface area contributed by atoms with Gasteiger partial charge in [0, 0.05) is 49.9 Å². The molecule has 2 fully saturated rings. The lowest BCUT2D eigenvalue weighted by molar-refractivity contribution is -0.198. The van der Waals surface area contributed by atoms with Crippen LogP contribution in [0.2, 0.25) is 0 Å². The van der Waals surface area contributed by atoms with Crippen molar-refractivity contribution in [3.05, 3.63) is 0 Å². The van der Waals surface area contributed by atoms with E-state index in [1.807, 2.05) is 20.8 Å². The van der Waals surface area contributed by atoms with Crippen molar-refractivity contribution in [1.29, 1.82) is 0 Å². The largest absolute Gasteiger partial charge is 0.465 e. The Morgan fingerprint density at radius 1 is 0.591 bits per heavy atom. The van der Waals surface area contributed by atoms with Crippen molar-refractivity contribution in [1.82, 2.24) is 10.1 Å². The fourth-order valence-electron chi connectivity index (χ4n) is 4.13. The summed E-state index contributed by atoms with van der Waals surface area (Å²) in [4.78, 5) is 104. The number of hydrogen-bond donors (Lipinski definition) is 0. The van der Waals surface area contributed by atoms with Crippen LogP contribution in [-0.4, -0.2) is 84.1 Å². The van der Waals surface area contributed by atoms with Gasteiger partial charge >= 0.3 is 23.9 Å². The zero-order valence-electron chi connectivity index (χ0n) is 25.9. The molecule has 3 atom stereocenters. The van der Waals surface area contributed by atoms with Gasteiger partial charge in [-0.2, -0.15) is 0 Å². The lowest BCUT2D eigenvalue weighted by Gasteiger charge is -2.25. The fourth-order valence-corrected chi connectivity index (χ4v) is 4.13. The first-order valence-electron chi connectivity index (χ1n) is 14.6. The Hall–Kier alpha value is -3.88. The molecular formula is C29H42N2O13. The highest BCUT2D eigenvalue weighted by Crippen LogP contribution is 2.20. The summed E-state index contributed by atoms with van der Waals surface area (Å²) in [5.41, 5.74) is -0.529. The quantitative estimate of drug-likeness (QED) is 0.158. The molecule has 0 bridgehead atoms. The third kappa shape index (κ3) is 12.8. The van der Waals surface area contributed by atoms with E-state index >= 15 is 0 Å². The van der Waals surface area contributed by atoms with E-state index in [4.69, 9.17) is 23.9 Å². The van der Waals surface area contributed by atoms with Gasteiger partial charge in [0.15, 0.2) is 0 Å². The highest BCUT2D eigenvalue weighted by molar-refractivity contribution is 6.02. The standard InChI is InChI=1S/C29H42N2O13/c1-18(12-27(38)43-30-21(32)6-7-22(30)33)10-25(36)41-15-20(3)14-40-16-29(4,5)17-42-26(37)11-19(2)13-28(39)44-31-23(34)8-9-24(31)35/h18-20H,6-17H2,1-5H3. The van der Waals surface area contributed by atoms with Gasteiger partial charge in [-0.25, -0.2) is 9.59 Å². The van der Waals surface area contributed by atoms with E-state index in [1.54, 1.807) is 13.8 Å². The number of imide groups is 2. The smallest absolute Gasteiger partial charge is 0.333 e. The van der Waals surface area contributed by atoms with E-state index in [1.165, 1.54) is 0 Å². The maximum absolute atomic E-state index is 12.3. The van der Waals surface area contributed by atoms with Crippen molar-refractivity contribution in [3.63, 3.8) is 0 Å².